The lowest BCUT2D eigenvalue weighted by Gasteiger charge is -2.19. The molecule has 4 rings (SSSR count). The summed E-state index contributed by atoms with van der Waals surface area (Å²) in [5.41, 5.74) is 3.39. The van der Waals surface area contributed by atoms with Crippen molar-refractivity contribution in [2.75, 3.05) is 11.1 Å². The molecule has 0 radical (unpaired) electrons. The van der Waals surface area contributed by atoms with E-state index in [4.69, 9.17) is 4.74 Å². The number of anilines is 1. The molecule has 0 saturated carbocycles. The summed E-state index contributed by atoms with van der Waals surface area (Å²) in [6.07, 6.45) is 3.09. The summed E-state index contributed by atoms with van der Waals surface area (Å²) in [4.78, 5) is 8.63. The maximum atomic E-state index is 6.17. The number of rotatable bonds is 3. The van der Waals surface area contributed by atoms with E-state index in [9.17, 15) is 0 Å². The fourth-order valence-electron chi connectivity index (χ4n) is 2.55. The number of pyridine rings is 1. The molecule has 0 saturated heterocycles. The summed E-state index contributed by atoms with van der Waals surface area (Å²) in [7, 11) is 0. The van der Waals surface area contributed by atoms with Gasteiger partial charge in [0.2, 0.25) is 11.0 Å². The Kier molecular flexibility index (Phi) is 4.54. The van der Waals surface area contributed by atoms with E-state index in [1.165, 1.54) is 11.8 Å². The normalized spacial score (nSPS) is 15.4. The second kappa shape index (κ2) is 6.97. The van der Waals surface area contributed by atoms with Gasteiger partial charge in [-0.15, -0.1) is 10.2 Å². The molecule has 3 aromatic rings. The Hall–Kier alpha value is -2.19. The third-order valence-electron chi connectivity index (χ3n) is 3.67. The third-order valence-corrected chi connectivity index (χ3v) is 4.88. The van der Waals surface area contributed by atoms with Crippen LogP contribution in [0.25, 0.3) is 11.3 Å². The Morgan fingerprint density at radius 2 is 2.04 bits per heavy atom. The molecule has 0 amide bonds. The van der Waals surface area contributed by atoms with Gasteiger partial charge in [0, 0.05) is 33.7 Å². The lowest BCUT2D eigenvalue weighted by Crippen LogP contribution is -2.17. The predicted molar refractivity (Wildman–Crippen MR) is 101 cm³/mol. The molecule has 1 aliphatic heterocycles. The van der Waals surface area contributed by atoms with Crippen LogP contribution in [0.3, 0.4) is 0 Å². The Bertz CT molecular complexity index is 909. The topological polar surface area (TPSA) is 72.8 Å². The van der Waals surface area contributed by atoms with Gasteiger partial charge in [-0.25, -0.2) is 0 Å². The minimum absolute atomic E-state index is 0.389. The number of ether oxygens (including phenoxy) is 1. The molecule has 0 unspecified atom stereocenters. The Morgan fingerprint density at radius 1 is 1.20 bits per heavy atom. The molecule has 1 aliphatic rings. The first-order chi connectivity index (χ1) is 12.2. The standard InChI is InChI=1S/C17H14BrN5OS/c1-2-25-17-21-16-14(22-23-17)12-9-11(18)3-4-13(12)20-15(24-16)10-5-7-19-8-6-10/h3-9,15,20H,2H2,1H3/t15-/m1/s1. The molecule has 0 spiro atoms. The van der Waals surface area contributed by atoms with E-state index in [0.717, 1.165) is 27.0 Å². The molecule has 25 heavy (non-hydrogen) atoms. The van der Waals surface area contributed by atoms with Crippen LogP contribution in [0.15, 0.2) is 52.4 Å². The highest BCUT2D eigenvalue weighted by atomic mass is 79.9. The molecule has 6 nitrogen and oxygen atoms in total. The molecule has 3 heterocycles. The Morgan fingerprint density at radius 3 is 2.84 bits per heavy atom. The molecule has 1 aromatic carbocycles. The molecule has 2 aromatic heterocycles. The van der Waals surface area contributed by atoms with Gasteiger partial charge in [0.1, 0.15) is 0 Å². The van der Waals surface area contributed by atoms with Gasteiger partial charge < -0.3 is 10.1 Å². The highest BCUT2D eigenvalue weighted by Gasteiger charge is 2.26. The van der Waals surface area contributed by atoms with Gasteiger partial charge >= 0.3 is 0 Å². The van der Waals surface area contributed by atoms with Gasteiger partial charge in [-0.05, 0) is 36.1 Å². The number of halogens is 1. The van der Waals surface area contributed by atoms with Crippen molar-refractivity contribution in [3.8, 4) is 17.1 Å². The van der Waals surface area contributed by atoms with Crippen LogP contribution in [0.4, 0.5) is 5.69 Å². The van der Waals surface area contributed by atoms with Crippen molar-refractivity contribution in [3.05, 3.63) is 52.8 Å². The van der Waals surface area contributed by atoms with Crippen LogP contribution in [0, 0.1) is 0 Å². The van der Waals surface area contributed by atoms with Gasteiger partial charge in [0.15, 0.2) is 11.9 Å². The van der Waals surface area contributed by atoms with Crippen LogP contribution in [0.5, 0.6) is 5.88 Å². The van der Waals surface area contributed by atoms with Crippen LogP contribution in [-0.2, 0) is 0 Å². The number of aromatic nitrogens is 4. The van der Waals surface area contributed by atoms with Gasteiger partial charge in [-0.2, -0.15) is 4.98 Å². The van der Waals surface area contributed by atoms with Crippen LogP contribution >= 0.6 is 27.7 Å². The van der Waals surface area contributed by atoms with Crippen LogP contribution in [0.2, 0.25) is 0 Å². The van der Waals surface area contributed by atoms with Crippen LogP contribution in [0.1, 0.15) is 18.7 Å². The van der Waals surface area contributed by atoms with E-state index >= 15 is 0 Å². The lowest BCUT2D eigenvalue weighted by molar-refractivity contribution is 0.225. The Balaban J connectivity index is 1.86. The minimum atomic E-state index is -0.389. The maximum Gasteiger partial charge on any atom is 0.247 e. The van der Waals surface area contributed by atoms with Crippen LogP contribution in [-0.4, -0.2) is 25.9 Å². The number of fused-ring (bicyclic) bond motifs is 3. The molecular formula is C17H14BrN5OS. The smallest absolute Gasteiger partial charge is 0.247 e. The van der Waals surface area contributed by atoms with E-state index in [-0.39, 0.29) is 6.23 Å². The molecule has 1 N–H and O–H groups in total. The maximum absolute atomic E-state index is 6.17. The summed E-state index contributed by atoms with van der Waals surface area (Å²) in [6.45, 7) is 2.05. The first-order valence-electron chi connectivity index (χ1n) is 7.75. The van der Waals surface area contributed by atoms with E-state index in [0.29, 0.717) is 16.7 Å². The molecule has 1 atom stereocenters. The van der Waals surface area contributed by atoms with E-state index in [1.54, 1.807) is 12.4 Å². The van der Waals surface area contributed by atoms with Crippen molar-refractivity contribution in [1.29, 1.82) is 0 Å². The fraction of sp³-hybridized carbons (Fsp3) is 0.176. The monoisotopic (exact) mass is 415 g/mol. The van der Waals surface area contributed by atoms with E-state index in [2.05, 4.69) is 41.4 Å². The van der Waals surface area contributed by atoms with Gasteiger partial charge in [-0.3, -0.25) is 4.98 Å². The first kappa shape index (κ1) is 16.3. The van der Waals surface area contributed by atoms with Gasteiger partial charge in [-0.1, -0.05) is 34.6 Å². The zero-order chi connectivity index (χ0) is 17.2. The van der Waals surface area contributed by atoms with Crippen molar-refractivity contribution < 1.29 is 4.74 Å². The van der Waals surface area contributed by atoms with Crippen molar-refractivity contribution in [3.63, 3.8) is 0 Å². The molecular weight excluding hydrogens is 402 g/mol. The zero-order valence-electron chi connectivity index (χ0n) is 13.3. The number of hydrogen-bond acceptors (Lipinski definition) is 7. The summed E-state index contributed by atoms with van der Waals surface area (Å²) in [5, 5.41) is 12.6. The summed E-state index contributed by atoms with van der Waals surface area (Å²) in [6, 6.07) is 9.78. The zero-order valence-corrected chi connectivity index (χ0v) is 15.7. The summed E-state index contributed by atoms with van der Waals surface area (Å²) in [5.74, 6) is 1.34. The lowest BCUT2D eigenvalue weighted by atomic mass is 10.1. The number of nitrogens with zero attached hydrogens (tertiary/aromatic N) is 4. The number of nitrogens with one attached hydrogen (secondary N) is 1. The van der Waals surface area contributed by atoms with Gasteiger partial charge in [0.25, 0.3) is 0 Å². The Labute approximate surface area is 157 Å². The first-order valence-corrected chi connectivity index (χ1v) is 9.53. The van der Waals surface area contributed by atoms with Crippen molar-refractivity contribution in [1.82, 2.24) is 20.2 Å². The molecule has 0 fully saturated rings. The number of thioether (sulfide) groups is 1. The van der Waals surface area contributed by atoms with E-state index < -0.39 is 0 Å². The summed E-state index contributed by atoms with van der Waals surface area (Å²) >= 11 is 5.05. The third kappa shape index (κ3) is 3.32. The molecule has 0 aliphatic carbocycles. The second-order valence-corrected chi connectivity index (χ2v) is 7.44. The average Bonchev–Trinajstić information content (AvgIpc) is 2.79. The highest BCUT2D eigenvalue weighted by molar-refractivity contribution is 9.10. The van der Waals surface area contributed by atoms with Crippen molar-refractivity contribution in [2.45, 2.75) is 18.3 Å². The molecule has 126 valence electrons. The highest BCUT2D eigenvalue weighted by Crippen LogP contribution is 2.40. The largest absolute Gasteiger partial charge is 0.448 e. The quantitative estimate of drug-likeness (QED) is 0.638. The van der Waals surface area contributed by atoms with Crippen LogP contribution < -0.4 is 10.1 Å². The van der Waals surface area contributed by atoms with Crippen molar-refractivity contribution >= 4 is 33.4 Å². The van der Waals surface area contributed by atoms with Crippen molar-refractivity contribution in [2.24, 2.45) is 0 Å². The second-order valence-electron chi connectivity index (χ2n) is 5.29. The average molecular weight is 416 g/mol. The minimum Gasteiger partial charge on any atom is -0.448 e. The predicted octanol–water partition coefficient (Wildman–Crippen LogP) is 4.31. The van der Waals surface area contributed by atoms with Gasteiger partial charge in [0.05, 0.1) is 0 Å². The fourth-order valence-corrected chi connectivity index (χ4v) is 3.41. The molecule has 0 bridgehead atoms. The molecule has 8 heteroatoms. The summed E-state index contributed by atoms with van der Waals surface area (Å²) < 4.78 is 7.13. The number of benzene rings is 1. The van der Waals surface area contributed by atoms with E-state index in [1.807, 2.05) is 37.3 Å². The SMILES string of the molecule is CCSc1nnc2c(n1)O[C@H](c1ccncc1)Nc1ccc(Br)cc1-2. The number of hydrogen-bond donors (Lipinski definition) is 1.